The maximum atomic E-state index is 11.8. The molecule has 0 fully saturated rings. The minimum absolute atomic E-state index is 0.0137. The number of carbonyl (C=O) groups excluding carboxylic acids is 2. The van der Waals surface area contributed by atoms with Gasteiger partial charge in [0.1, 0.15) is 6.73 Å². The number of nitrogens with zero attached hydrogens (tertiary/aromatic N) is 1. The van der Waals surface area contributed by atoms with Crippen molar-refractivity contribution in [2.75, 3.05) is 12.4 Å². The zero-order chi connectivity index (χ0) is 19.7. The number of aromatic amines is 1. The topological polar surface area (TPSA) is 107 Å². The van der Waals surface area contributed by atoms with Gasteiger partial charge in [0.2, 0.25) is 0 Å². The fourth-order valence-electron chi connectivity index (χ4n) is 1.88. The molecule has 0 saturated heterocycles. The summed E-state index contributed by atoms with van der Waals surface area (Å²) in [7, 11) is 0. The molecule has 0 aromatic carbocycles. The van der Waals surface area contributed by atoms with Crippen LogP contribution in [0.1, 0.15) is 40.5 Å². The van der Waals surface area contributed by atoms with Gasteiger partial charge in [0.25, 0.3) is 5.56 Å². The molecule has 0 spiro atoms. The van der Waals surface area contributed by atoms with Gasteiger partial charge >= 0.3 is 11.7 Å². The highest BCUT2D eigenvalue weighted by atomic mass is 32.2. The molecule has 9 heteroatoms. The number of hydrogen-bond acceptors (Lipinski definition) is 7. The van der Waals surface area contributed by atoms with Crippen molar-refractivity contribution >= 4 is 22.8 Å². The number of ether oxygens (including phenoxy) is 2. The lowest BCUT2D eigenvalue weighted by Gasteiger charge is -2.20. The molecule has 1 atom stereocenters. The minimum atomic E-state index is -0.579. The molecule has 0 aliphatic rings. The molecular formula is C17H26N2O6S. The van der Waals surface area contributed by atoms with Gasteiger partial charge in [-0.25, -0.2) is 4.79 Å². The Morgan fingerprint density at radius 1 is 1.27 bits per heavy atom. The molecule has 8 nitrogen and oxygen atoms in total. The molecule has 1 rings (SSSR count). The summed E-state index contributed by atoms with van der Waals surface area (Å²) in [5.74, 6) is 0.263. The van der Waals surface area contributed by atoms with E-state index in [1.807, 2.05) is 0 Å². The second-order valence-corrected chi connectivity index (χ2v) is 8.07. The number of carbonyl (C=O) groups is 2. The van der Waals surface area contributed by atoms with Crippen LogP contribution in [0.25, 0.3) is 0 Å². The van der Waals surface area contributed by atoms with E-state index in [9.17, 15) is 19.2 Å². The summed E-state index contributed by atoms with van der Waals surface area (Å²) in [5, 5.41) is 0.0137. The highest BCUT2D eigenvalue weighted by Gasteiger charge is 2.23. The molecule has 1 heterocycles. The molecule has 0 aliphatic carbocycles. The Hall–Kier alpha value is -1.87. The molecule has 0 amide bonds. The largest absolute Gasteiger partial charge is 0.465 e. The third-order valence-corrected chi connectivity index (χ3v) is 4.22. The lowest BCUT2D eigenvalue weighted by molar-refractivity contribution is -0.154. The number of rotatable bonds is 9. The fraction of sp³-hybridized carbons (Fsp3) is 0.647. The Kier molecular flexibility index (Phi) is 8.80. The van der Waals surface area contributed by atoms with E-state index >= 15 is 0 Å². The highest BCUT2D eigenvalue weighted by Crippen LogP contribution is 2.16. The Bertz CT molecular complexity index is 719. The van der Waals surface area contributed by atoms with E-state index in [-0.39, 0.29) is 30.5 Å². The Balaban J connectivity index is 2.59. The summed E-state index contributed by atoms with van der Waals surface area (Å²) in [5.41, 5.74) is -1.62. The van der Waals surface area contributed by atoms with E-state index in [1.54, 1.807) is 20.8 Å². The summed E-state index contributed by atoms with van der Waals surface area (Å²) < 4.78 is 12.2. The van der Waals surface area contributed by atoms with Crippen LogP contribution in [0.5, 0.6) is 0 Å². The Morgan fingerprint density at radius 3 is 2.54 bits per heavy atom. The zero-order valence-electron chi connectivity index (χ0n) is 15.6. The van der Waals surface area contributed by atoms with Gasteiger partial charge in [-0.1, -0.05) is 11.8 Å². The van der Waals surface area contributed by atoms with Crippen molar-refractivity contribution in [1.82, 2.24) is 9.55 Å². The number of hydrogen-bond donors (Lipinski definition) is 1. The van der Waals surface area contributed by atoms with E-state index in [2.05, 4.69) is 4.98 Å². The van der Waals surface area contributed by atoms with Crippen molar-refractivity contribution in [3.8, 4) is 0 Å². The first kappa shape index (κ1) is 22.2. The van der Waals surface area contributed by atoms with Crippen molar-refractivity contribution in [1.29, 1.82) is 0 Å². The summed E-state index contributed by atoms with van der Waals surface area (Å²) in [4.78, 5) is 47.8. The van der Waals surface area contributed by atoms with Crippen molar-refractivity contribution < 1.29 is 19.1 Å². The van der Waals surface area contributed by atoms with Crippen LogP contribution in [0, 0.1) is 5.41 Å². The van der Waals surface area contributed by atoms with Crippen LogP contribution >= 0.6 is 11.8 Å². The second-order valence-electron chi connectivity index (χ2n) is 6.80. The average molecular weight is 386 g/mol. The Labute approximate surface area is 156 Å². The molecule has 0 bridgehead atoms. The van der Waals surface area contributed by atoms with Crippen molar-refractivity contribution in [2.45, 2.75) is 53.4 Å². The van der Waals surface area contributed by atoms with Gasteiger partial charge in [0, 0.05) is 31.4 Å². The number of H-pyrrole nitrogens is 1. The zero-order valence-corrected chi connectivity index (χ0v) is 16.4. The number of aromatic nitrogens is 2. The second kappa shape index (κ2) is 10.3. The van der Waals surface area contributed by atoms with Crippen molar-refractivity contribution in [2.24, 2.45) is 5.41 Å². The first-order chi connectivity index (χ1) is 12.1. The third kappa shape index (κ3) is 8.48. The van der Waals surface area contributed by atoms with Crippen LogP contribution < -0.4 is 11.2 Å². The van der Waals surface area contributed by atoms with Crippen LogP contribution in [0.4, 0.5) is 0 Å². The number of thioether (sulfide) groups is 1. The molecular weight excluding hydrogens is 360 g/mol. The quantitative estimate of drug-likeness (QED) is 0.641. The summed E-state index contributed by atoms with van der Waals surface area (Å²) in [6.07, 6.45) is 2.06. The standard InChI is InChI=1S/C17H26N2O6S/c1-12(20)26-10-7-13(6-9-24-15(22)17(2,3)4)25-11-19-8-5-14(21)18-16(19)23/h5,8,13H,6-7,9-11H2,1-4H3,(H,18,21,23). The molecule has 0 aliphatic heterocycles. The van der Waals surface area contributed by atoms with E-state index in [1.165, 1.54) is 35.5 Å². The van der Waals surface area contributed by atoms with Crippen LogP contribution in [-0.2, 0) is 25.8 Å². The van der Waals surface area contributed by atoms with E-state index < -0.39 is 16.7 Å². The van der Waals surface area contributed by atoms with Gasteiger partial charge in [-0.2, -0.15) is 0 Å². The third-order valence-electron chi connectivity index (χ3n) is 3.38. The molecule has 0 radical (unpaired) electrons. The lowest BCUT2D eigenvalue weighted by Crippen LogP contribution is -2.31. The first-order valence-electron chi connectivity index (χ1n) is 8.31. The maximum Gasteiger partial charge on any atom is 0.330 e. The molecule has 146 valence electrons. The first-order valence-corrected chi connectivity index (χ1v) is 9.30. The molecule has 1 aromatic rings. The van der Waals surface area contributed by atoms with Crippen LogP contribution in [0.15, 0.2) is 21.9 Å². The molecule has 1 unspecified atom stereocenters. The number of nitrogens with one attached hydrogen (secondary N) is 1. The predicted octanol–water partition coefficient (Wildman–Crippen LogP) is 1.53. The summed E-state index contributed by atoms with van der Waals surface area (Å²) in [6, 6.07) is 1.23. The van der Waals surface area contributed by atoms with Gasteiger partial charge in [-0.15, -0.1) is 0 Å². The number of esters is 1. The van der Waals surface area contributed by atoms with Gasteiger partial charge in [0.05, 0.1) is 18.1 Å². The normalized spacial score (nSPS) is 12.6. The maximum absolute atomic E-state index is 11.8. The molecule has 1 N–H and O–H groups in total. The highest BCUT2D eigenvalue weighted by molar-refractivity contribution is 8.13. The van der Waals surface area contributed by atoms with Crippen LogP contribution in [-0.4, -0.2) is 39.1 Å². The van der Waals surface area contributed by atoms with E-state index in [4.69, 9.17) is 9.47 Å². The molecule has 26 heavy (non-hydrogen) atoms. The minimum Gasteiger partial charge on any atom is -0.465 e. The predicted molar refractivity (Wildman–Crippen MR) is 99.0 cm³/mol. The van der Waals surface area contributed by atoms with Crippen molar-refractivity contribution in [3.63, 3.8) is 0 Å². The molecule has 1 aromatic heterocycles. The van der Waals surface area contributed by atoms with E-state index in [0.717, 1.165) is 0 Å². The van der Waals surface area contributed by atoms with Gasteiger partial charge in [-0.05, 0) is 27.2 Å². The van der Waals surface area contributed by atoms with Gasteiger partial charge in [0.15, 0.2) is 5.12 Å². The van der Waals surface area contributed by atoms with Gasteiger partial charge in [-0.3, -0.25) is 23.9 Å². The van der Waals surface area contributed by atoms with Crippen LogP contribution in [0.3, 0.4) is 0 Å². The lowest BCUT2D eigenvalue weighted by atomic mass is 9.97. The van der Waals surface area contributed by atoms with Crippen molar-refractivity contribution in [3.05, 3.63) is 33.1 Å². The van der Waals surface area contributed by atoms with Gasteiger partial charge < -0.3 is 9.47 Å². The summed E-state index contributed by atoms with van der Waals surface area (Å²) in [6.45, 7) is 6.95. The SMILES string of the molecule is CC(=O)SCCC(CCOC(=O)C(C)(C)C)OCn1ccc(=O)[nH]c1=O. The summed E-state index contributed by atoms with van der Waals surface area (Å²) >= 11 is 1.19. The van der Waals surface area contributed by atoms with E-state index in [0.29, 0.717) is 18.6 Å². The fourth-order valence-corrected chi connectivity index (χ4v) is 2.54. The molecule has 0 saturated carbocycles. The Morgan fingerprint density at radius 2 is 1.96 bits per heavy atom. The monoisotopic (exact) mass is 386 g/mol. The smallest absolute Gasteiger partial charge is 0.330 e. The van der Waals surface area contributed by atoms with Crippen LogP contribution in [0.2, 0.25) is 0 Å². The average Bonchev–Trinajstić information content (AvgIpc) is 2.52.